The van der Waals surface area contributed by atoms with Crippen LogP contribution < -0.4 is 4.90 Å². The van der Waals surface area contributed by atoms with Crippen molar-refractivity contribution in [3.63, 3.8) is 0 Å². The van der Waals surface area contributed by atoms with Gasteiger partial charge < -0.3 is 5.11 Å². The lowest BCUT2D eigenvalue weighted by Gasteiger charge is -2.24. The lowest BCUT2D eigenvalue weighted by atomic mass is 10.1. The van der Waals surface area contributed by atoms with Crippen LogP contribution in [0.1, 0.15) is 5.56 Å². The number of anilines is 2. The summed E-state index contributed by atoms with van der Waals surface area (Å²) in [6.07, 6.45) is -1.28. The zero-order chi connectivity index (χ0) is 16.6. The zero-order valence-electron chi connectivity index (χ0n) is 11.0. The van der Waals surface area contributed by atoms with E-state index < -0.39 is 6.09 Å². The SMILES string of the molecule is Cc1ccccc1N(C(=O)O)c1c(Cl)c(Cl)c(Cl)c(Cl)c1Cl. The first-order valence-corrected chi connectivity index (χ1v) is 7.76. The number of para-hydroxylation sites is 1. The Balaban J connectivity index is 2.82. The maximum atomic E-state index is 11.8. The molecule has 0 spiro atoms. The number of hydrogen-bond acceptors (Lipinski definition) is 1. The number of carbonyl (C=O) groups is 1. The van der Waals surface area contributed by atoms with Crippen LogP contribution in [0.15, 0.2) is 24.3 Å². The standard InChI is InChI=1S/C14H8Cl5NO2/c1-6-4-2-3-5-7(6)20(14(21)22)13-11(18)9(16)8(15)10(17)12(13)19/h2-5H,1H3,(H,21,22). The highest BCUT2D eigenvalue weighted by Crippen LogP contribution is 2.50. The predicted molar refractivity (Wildman–Crippen MR) is 92.8 cm³/mol. The molecule has 0 saturated carbocycles. The number of hydrogen-bond donors (Lipinski definition) is 1. The smallest absolute Gasteiger partial charge is 0.416 e. The van der Waals surface area contributed by atoms with E-state index in [2.05, 4.69) is 0 Å². The lowest BCUT2D eigenvalue weighted by Crippen LogP contribution is -2.25. The fourth-order valence-electron chi connectivity index (χ4n) is 1.92. The molecule has 0 aliphatic heterocycles. The Labute approximate surface area is 151 Å². The summed E-state index contributed by atoms with van der Waals surface area (Å²) in [6.45, 7) is 1.76. The molecule has 2 rings (SSSR count). The second kappa shape index (κ2) is 6.73. The summed E-state index contributed by atoms with van der Waals surface area (Å²) in [5, 5.41) is 9.26. The molecule has 0 radical (unpaired) electrons. The number of aryl methyl sites for hydroxylation is 1. The van der Waals surface area contributed by atoms with Crippen molar-refractivity contribution in [2.24, 2.45) is 0 Å². The molecule has 0 saturated heterocycles. The lowest BCUT2D eigenvalue weighted by molar-refractivity contribution is 0.205. The van der Waals surface area contributed by atoms with Crippen LogP contribution in [0.2, 0.25) is 25.1 Å². The molecular weight excluding hydrogens is 391 g/mol. The Morgan fingerprint density at radius 1 is 0.909 bits per heavy atom. The highest BCUT2D eigenvalue weighted by Gasteiger charge is 2.28. The van der Waals surface area contributed by atoms with E-state index in [1.807, 2.05) is 0 Å². The van der Waals surface area contributed by atoms with Crippen LogP contribution in [0.3, 0.4) is 0 Å². The van der Waals surface area contributed by atoms with Gasteiger partial charge in [-0.2, -0.15) is 0 Å². The van der Waals surface area contributed by atoms with Crippen LogP contribution in [-0.2, 0) is 0 Å². The van der Waals surface area contributed by atoms with E-state index in [0.717, 1.165) is 4.90 Å². The van der Waals surface area contributed by atoms with Crippen molar-refractivity contribution >= 4 is 75.5 Å². The first-order chi connectivity index (χ1) is 10.3. The van der Waals surface area contributed by atoms with Crippen LogP contribution >= 0.6 is 58.0 Å². The third kappa shape index (κ3) is 2.97. The van der Waals surface area contributed by atoms with Gasteiger partial charge >= 0.3 is 6.09 Å². The average molecular weight is 399 g/mol. The Morgan fingerprint density at radius 2 is 1.36 bits per heavy atom. The van der Waals surface area contributed by atoms with Gasteiger partial charge in [0.25, 0.3) is 0 Å². The molecule has 0 unspecified atom stereocenters. The largest absolute Gasteiger partial charge is 0.464 e. The van der Waals surface area contributed by atoms with Gasteiger partial charge in [0.2, 0.25) is 0 Å². The molecular formula is C14H8Cl5NO2. The van der Waals surface area contributed by atoms with Gasteiger partial charge in [0.15, 0.2) is 0 Å². The van der Waals surface area contributed by atoms with Crippen LogP contribution in [0.25, 0.3) is 0 Å². The minimum atomic E-state index is -1.28. The number of rotatable bonds is 2. The normalized spacial score (nSPS) is 10.6. The summed E-state index contributed by atoms with van der Waals surface area (Å²) in [6, 6.07) is 6.85. The van der Waals surface area contributed by atoms with E-state index >= 15 is 0 Å². The number of nitrogens with zero attached hydrogens (tertiary/aromatic N) is 1. The summed E-state index contributed by atoms with van der Waals surface area (Å²) in [5.41, 5.74) is 1.05. The number of carboxylic acid groups (broad SMARTS) is 1. The van der Waals surface area contributed by atoms with Crippen LogP contribution in [0.5, 0.6) is 0 Å². The van der Waals surface area contributed by atoms with Crippen molar-refractivity contribution in [2.75, 3.05) is 4.90 Å². The van der Waals surface area contributed by atoms with E-state index in [1.165, 1.54) is 0 Å². The summed E-state index contributed by atoms with van der Waals surface area (Å²) in [7, 11) is 0. The van der Waals surface area contributed by atoms with Gasteiger partial charge in [0.05, 0.1) is 36.5 Å². The van der Waals surface area contributed by atoms with E-state index in [4.69, 9.17) is 58.0 Å². The molecule has 0 heterocycles. The van der Waals surface area contributed by atoms with Gasteiger partial charge in [-0.05, 0) is 18.6 Å². The second-order valence-corrected chi connectivity index (χ2v) is 6.21. The van der Waals surface area contributed by atoms with Gasteiger partial charge in [-0.15, -0.1) is 0 Å². The van der Waals surface area contributed by atoms with Crippen molar-refractivity contribution < 1.29 is 9.90 Å². The highest BCUT2D eigenvalue weighted by molar-refractivity contribution is 6.56. The molecule has 0 aliphatic carbocycles. The van der Waals surface area contributed by atoms with Gasteiger partial charge in [0, 0.05) is 0 Å². The Hall–Kier alpha value is -0.840. The van der Waals surface area contributed by atoms with Gasteiger partial charge in [-0.3, -0.25) is 0 Å². The Bertz CT molecular complexity index is 734. The molecule has 0 aromatic heterocycles. The van der Waals surface area contributed by atoms with E-state index in [-0.39, 0.29) is 30.8 Å². The summed E-state index contributed by atoms with van der Waals surface area (Å²) >= 11 is 30.2. The topological polar surface area (TPSA) is 40.5 Å². The van der Waals surface area contributed by atoms with Crippen molar-refractivity contribution in [1.82, 2.24) is 0 Å². The molecule has 22 heavy (non-hydrogen) atoms. The molecule has 2 aromatic carbocycles. The van der Waals surface area contributed by atoms with E-state index in [0.29, 0.717) is 11.3 Å². The summed E-state index contributed by atoms with van der Waals surface area (Å²) in [5.74, 6) is 0. The number of amides is 1. The fraction of sp³-hybridized carbons (Fsp3) is 0.0714. The third-order valence-electron chi connectivity index (χ3n) is 2.96. The molecule has 8 heteroatoms. The molecule has 1 N–H and O–H groups in total. The first kappa shape index (κ1) is 17.5. The summed E-state index contributed by atoms with van der Waals surface area (Å²) in [4.78, 5) is 12.7. The molecule has 0 bridgehead atoms. The second-order valence-electron chi connectivity index (χ2n) is 4.32. The molecule has 0 aliphatic rings. The van der Waals surface area contributed by atoms with Crippen molar-refractivity contribution in [1.29, 1.82) is 0 Å². The van der Waals surface area contributed by atoms with E-state index in [9.17, 15) is 9.90 Å². The Kier molecular flexibility index (Phi) is 5.36. The van der Waals surface area contributed by atoms with Gasteiger partial charge in [-0.25, -0.2) is 9.69 Å². The first-order valence-electron chi connectivity index (χ1n) is 5.87. The maximum absolute atomic E-state index is 11.8. The van der Waals surface area contributed by atoms with Crippen LogP contribution in [-0.4, -0.2) is 11.2 Å². The van der Waals surface area contributed by atoms with Crippen molar-refractivity contribution in [2.45, 2.75) is 6.92 Å². The van der Waals surface area contributed by atoms with Gasteiger partial charge in [-0.1, -0.05) is 76.2 Å². The van der Waals surface area contributed by atoms with Crippen molar-refractivity contribution in [3.8, 4) is 0 Å². The van der Waals surface area contributed by atoms with Gasteiger partial charge in [0.1, 0.15) is 0 Å². The zero-order valence-corrected chi connectivity index (χ0v) is 14.8. The Morgan fingerprint density at radius 3 is 1.82 bits per heavy atom. The van der Waals surface area contributed by atoms with Crippen LogP contribution in [0, 0.1) is 6.92 Å². The average Bonchev–Trinajstić information content (AvgIpc) is 2.48. The molecule has 1 amide bonds. The molecule has 0 atom stereocenters. The fourth-order valence-corrected chi connectivity index (χ4v) is 3.22. The number of benzene rings is 2. The maximum Gasteiger partial charge on any atom is 0.416 e. The monoisotopic (exact) mass is 397 g/mol. The minimum Gasteiger partial charge on any atom is -0.464 e. The minimum absolute atomic E-state index is 0.0304. The van der Waals surface area contributed by atoms with Crippen LogP contribution in [0.4, 0.5) is 16.2 Å². The third-order valence-corrected chi connectivity index (χ3v) is 5.21. The predicted octanol–water partition coefficient (Wildman–Crippen LogP) is 7.08. The van der Waals surface area contributed by atoms with E-state index in [1.54, 1.807) is 31.2 Å². The molecule has 2 aromatic rings. The molecule has 116 valence electrons. The quantitative estimate of drug-likeness (QED) is 0.433. The number of halogens is 5. The van der Waals surface area contributed by atoms with Crippen molar-refractivity contribution in [3.05, 3.63) is 54.9 Å². The highest BCUT2D eigenvalue weighted by atomic mass is 35.5. The molecule has 3 nitrogen and oxygen atoms in total. The molecule has 0 fully saturated rings. The summed E-state index contributed by atoms with van der Waals surface area (Å²) < 4.78 is 0.